The van der Waals surface area contributed by atoms with Crippen molar-refractivity contribution in [2.24, 2.45) is 0 Å². The van der Waals surface area contributed by atoms with Crippen LogP contribution in [0.2, 0.25) is 5.02 Å². The molecule has 0 saturated carbocycles. The predicted octanol–water partition coefficient (Wildman–Crippen LogP) is 4.36. The van der Waals surface area contributed by atoms with Gasteiger partial charge in [0.2, 0.25) is 0 Å². The van der Waals surface area contributed by atoms with E-state index in [1.165, 1.54) is 25.3 Å². The molecule has 24 heavy (non-hydrogen) atoms. The largest absolute Gasteiger partial charge is 0.504 e. The second-order valence-corrected chi connectivity index (χ2v) is 5.97. The fourth-order valence-corrected chi connectivity index (χ4v) is 2.44. The molecule has 0 atom stereocenters. The quantitative estimate of drug-likeness (QED) is 0.583. The van der Waals surface area contributed by atoms with Crippen LogP contribution in [-0.2, 0) is 4.79 Å². The molecule has 5 nitrogen and oxygen atoms in total. The molecule has 0 bridgehead atoms. The number of rotatable bonds is 4. The van der Waals surface area contributed by atoms with Crippen LogP contribution in [0.1, 0.15) is 5.56 Å². The van der Waals surface area contributed by atoms with Gasteiger partial charge in [0.05, 0.1) is 7.11 Å². The Labute approximate surface area is 152 Å². The second kappa shape index (κ2) is 7.86. The van der Waals surface area contributed by atoms with Crippen molar-refractivity contribution in [3.8, 4) is 17.6 Å². The average molecular weight is 408 g/mol. The van der Waals surface area contributed by atoms with Crippen LogP contribution in [0.4, 0.5) is 5.69 Å². The Morgan fingerprint density at radius 1 is 1.38 bits per heavy atom. The van der Waals surface area contributed by atoms with Crippen LogP contribution < -0.4 is 10.1 Å². The van der Waals surface area contributed by atoms with Gasteiger partial charge < -0.3 is 15.2 Å². The number of ether oxygens (including phenoxy) is 1. The summed E-state index contributed by atoms with van der Waals surface area (Å²) in [5.41, 5.74) is 0.943. The number of hydrogen-bond donors (Lipinski definition) is 2. The van der Waals surface area contributed by atoms with E-state index in [1.807, 2.05) is 6.07 Å². The van der Waals surface area contributed by atoms with Gasteiger partial charge in [-0.05, 0) is 48.0 Å². The zero-order valence-electron chi connectivity index (χ0n) is 12.5. The predicted molar refractivity (Wildman–Crippen MR) is 96.0 cm³/mol. The van der Waals surface area contributed by atoms with Crippen LogP contribution in [0, 0.1) is 11.3 Å². The van der Waals surface area contributed by atoms with Gasteiger partial charge in [-0.25, -0.2) is 0 Å². The Morgan fingerprint density at radius 2 is 2.04 bits per heavy atom. The zero-order valence-corrected chi connectivity index (χ0v) is 14.9. The van der Waals surface area contributed by atoms with Gasteiger partial charge in [0, 0.05) is 15.2 Å². The summed E-state index contributed by atoms with van der Waals surface area (Å²) in [5.74, 6) is -0.371. The van der Waals surface area contributed by atoms with Crippen molar-refractivity contribution in [3.63, 3.8) is 0 Å². The number of hydrogen-bond acceptors (Lipinski definition) is 4. The van der Waals surface area contributed by atoms with E-state index in [4.69, 9.17) is 16.3 Å². The lowest BCUT2D eigenvalue weighted by atomic mass is 10.1. The highest BCUT2D eigenvalue weighted by Gasteiger charge is 2.12. The normalized spacial score (nSPS) is 10.8. The van der Waals surface area contributed by atoms with Gasteiger partial charge in [-0.2, -0.15) is 5.26 Å². The maximum atomic E-state index is 12.2. The minimum atomic E-state index is -0.557. The lowest BCUT2D eigenvalue weighted by Gasteiger charge is -2.08. The average Bonchev–Trinajstić information content (AvgIpc) is 2.56. The topological polar surface area (TPSA) is 82.3 Å². The first-order valence-corrected chi connectivity index (χ1v) is 7.87. The summed E-state index contributed by atoms with van der Waals surface area (Å²) in [7, 11) is 1.41. The monoisotopic (exact) mass is 406 g/mol. The van der Waals surface area contributed by atoms with Crippen molar-refractivity contribution >= 4 is 45.2 Å². The summed E-state index contributed by atoms with van der Waals surface area (Å²) < 4.78 is 5.55. The van der Waals surface area contributed by atoms with Crippen molar-refractivity contribution in [3.05, 3.63) is 57.0 Å². The van der Waals surface area contributed by atoms with E-state index in [1.54, 1.807) is 24.3 Å². The molecule has 0 fully saturated rings. The molecule has 0 heterocycles. The van der Waals surface area contributed by atoms with Crippen molar-refractivity contribution in [2.75, 3.05) is 12.4 Å². The molecule has 2 aromatic carbocycles. The zero-order chi connectivity index (χ0) is 17.7. The van der Waals surface area contributed by atoms with E-state index in [-0.39, 0.29) is 17.1 Å². The molecule has 7 heteroatoms. The highest BCUT2D eigenvalue weighted by Crippen LogP contribution is 2.33. The van der Waals surface area contributed by atoms with Gasteiger partial charge in [-0.1, -0.05) is 27.5 Å². The molecule has 2 rings (SSSR count). The van der Waals surface area contributed by atoms with Gasteiger partial charge in [0.15, 0.2) is 11.5 Å². The molecule has 0 radical (unpaired) electrons. The fraction of sp³-hybridized carbons (Fsp3) is 0.0588. The molecule has 0 spiro atoms. The Morgan fingerprint density at radius 3 is 2.62 bits per heavy atom. The van der Waals surface area contributed by atoms with Crippen LogP contribution in [-0.4, -0.2) is 18.1 Å². The number of halogens is 2. The van der Waals surface area contributed by atoms with Crippen LogP contribution in [0.15, 0.2) is 46.4 Å². The third-order valence-electron chi connectivity index (χ3n) is 3.07. The molecule has 0 aromatic heterocycles. The maximum absolute atomic E-state index is 12.2. The van der Waals surface area contributed by atoms with Gasteiger partial charge in [-0.15, -0.1) is 0 Å². The molecular weight excluding hydrogens is 396 g/mol. The summed E-state index contributed by atoms with van der Waals surface area (Å²) in [4.78, 5) is 12.2. The minimum absolute atomic E-state index is 0.0503. The first kappa shape index (κ1) is 17.9. The molecule has 0 aliphatic carbocycles. The number of aromatic hydroxyl groups is 1. The number of nitrogens with zero attached hydrogens (tertiary/aromatic N) is 1. The number of phenols is 1. The Hall–Kier alpha value is -2.49. The second-order valence-electron chi connectivity index (χ2n) is 4.68. The molecule has 1 amide bonds. The number of carbonyl (C=O) groups is 1. The molecule has 122 valence electrons. The lowest BCUT2D eigenvalue weighted by molar-refractivity contribution is -0.112. The molecular formula is C17H12BrClN2O3. The number of carbonyl (C=O) groups excluding carboxylic acids is 1. The molecule has 0 aliphatic heterocycles. The van der Waals surface area contributed by atoms with Gasteiger partial charge >= 0.3 is 0 Å². The summed E-state index contributed by atoms with van der Waals surface area (Å²) in [6.45, 7) is 0. The number of benzene rings is 2. The maximum Gasteiger partial charge on any atom is 0.266 e. The van der Waals surface area contributed by atoms with E-state index in [0.29, 0.717) is 20.7 Å². The van der Waals surface area contributed by atoms with E-state index in [2.05, 4.69) is 21.2 Å². The smallest absolute Gasteiger partial charge is 0.266 e. The SMILES string of the molecule is COc1cc(/C=C(/C#N)C(=O)Nc2ccc(Cl)cc2)c(Br)cc1O. The van der Waals surface area contributed by atoms with Gasteiger partial charge in [0.25, 0.3) is 5.91 Å². The molecule has 0 aliphatic rings. The fourth-order valence-electron chi connectivity index (χ4n) is 1.87. The highest BCUT2D eigenvalue weighted by molar-refractivity contribution is 9.10. The van der Waals surface area contributed by atoms with Crippen LogP contribution in [0.5, 0.6) is 11.5 Å². The van der Waals surface area contributed by atoms with Crippen LogP contribution >= 0.6 is 27.5 Å². The van der Waals surface area contributed by atoms with Gasteiger partial charge in [-0.3, -0.25) is 4.79 Å². The minimum Gasteiger partial charge on any atom is -0.504 e. The molecule has 0 saturated heterocycles. The highest BCUT2D eigenvalue weighted by atomic mass is 79.9. The number of methoxy groups -OCH3 is 1. The van der Waals surface area contributed by atoms with E-state index < -0.39 is 5.91 Å². The Bertz CT molecular complexity index is 842. The summed E-state index contributed by atoms with van der Waals surface area (Å²) in [5, 5.41) is 22.1. The van der Waals surface area contributed by atoms with Crippen LogP contribution in [0.25, 0.3) is 6.08 Å². The summed E-state index contributed by atoms with van der Waals surface area (Å²) in [6.07, 6.45) is 1.40. The van der Waals surface area contributed by atoms with Gasteiger partial charge in [0.1, 0.15) is 11.6 Å². The number of anilines is 1. The standard InChI is InChI=1S/C17H12BrClN2O3/c1-24-16-7-10(14(18)8-15(16)22)6-11(9-20)17(23)21-13-4-2-12(19)3-5-13/h2-8,22H,1H3,(H,21,23)/b11-6-. The van der Waals surface area contributed by atoms with Crippen LogP contribution in [0.3, 0.4) is 0 Å². The van der Waals surface area contributed by atoms with E-state index in [0.717, 1.165) is 0 Å². The number of phenolic OH excluding ortho intramolecular Hbond substituents is 1. The third-order valence-corrected chi connectivity index (χ3v) is 4.00. The van der Waals surface area contributed by atoms with Crippen molar-refractivity contribution in [1.82, 2.24) is 0 Å². The Balaban J connectivity index is 2.30. The number of amides is 1. The number of nitriles is 1. The number of nitrogens with one attached hydrogen (secondary N) is 1. The van der Waals surface area contributed by atoms with Crippen molar-refractivity contribution in [2.45, 2.75) is 0 Å². The molecule has 2 N–H and O–H groups in total. The molecule has 0 unspecified atom stereocenters. The summed E-state index contributed by atoms with van der Waals surface area (Å²) in [6, 6.07) is 11.3. The van der Waals surface area contributed by atoms with E-state index in [9.17, 15) is 15.2 Å². The summed E-state index contributed by atoms with van der Waals surface area (Å²) >= 11 is 9.07. The lowest BCUT2D eigenvalue weighted by Crippen LogP contribution is -2.13. The molecule has 2 aromatic rings. The third kappa shape index (κ3) is 4.28. The van der Waals surface area contributed by atoms with Crippen molar-refractivity contribution in [1.29, 1.82) is 5.26 Å². The first-order valence-electron chi connectivity index (χ1n) is 6.70. The first-order chi connectivity index (χ1) is 11.4. The van der Waals surface area contributed by atoms with Crippen molar-refractivity contribution < 1.29 is 14.6 Å². The van der Waals surface area contributed by atoms with E-state index >= 15 is 0 Å². The Kier molecular flexibility index (Phi) is 5.85.